The minimum atomic E-state index is -1.08. The Balaban J connectivity index is 2.50. The van der Waals surface area contributed by atoms with Gasteiger partial charge in [0.25, 0.3) is 5.56 Å². The molecule has 0 aliphatic heterocycles. The highest BCUT2D eigenvalue weighted by Crippen LogP contribution is 2.03. The van der Waals surface area contributed by atoms with Crippen LogP contribution in [0, 0.1) is 6.92 Å². The second-order valence-corrected chi connectivity index (χ2v) is 3.17. The smallest absolute Gasteiger partial charge is 0.338 e. The van der Waals surface area contributed by atoms with Gasteiger partial charge in [0, 0.05) is 12.3 Å². The SMILES string of the molecule is Cc1nc(-n2cc(C(=O)O)cn2)cc(=O)[nH]1. The Kier molecular flexibility index (Phi) is 2.28. The first kappa shape index (κ1) is 10.1. The van der Waals surface area contributed by atoms with E-state index >= 15 is 0 Å². The number of aromatic carboxylic acids is 1. The molecule has 2 aromatic rings. The zero-order chi connectivity index (χ0) is 11.7. The Morgan fingerprint density at radius 2 is 2.31 bits per heavy atom. The molecule has 0 aliphatic carbocycles. The number of H-pyrrole nitrogens is 1. The van der Waals surface area contributed by atoms with E-state index in [4.69, 9.17) is 5.11 Å². The molecule has 0 saturated carbocycles. The number of carboxylic acid groups (broad SMARTS) is 1. The number of aryl methyl sites for hydroxylation is 1. The van der Waals surface area contributed by atoms with Crippen molar-refractivity contribution in [3.05, 3.63) is 40.2 Å². The number of carboxylic acids is 1. The fourth-order valence-corrected chi connectivity index (χ4v) is 1.24. The maximum Gasteiger partial charge on any atom is 0.338 e. The van der Waals surface area contributed by atoms with Crippen LogP contribution >= 0.6 is 0 Å². The van der Waals surface area contributed by atoms with Crippen LogP contribution in [0.3, 0.4) is 0 Å². The molecule has 0 atom stereocenters. The first-order chi connectivity index (χ1) is 7.56. The second kappa shape index (κ2) is 3.61. The van der Waals surface area contributed by atoms with E-state index in [0.29, 0.717) is 5.82 Å². The molecule has 0 spiro atoms. The predicted molar refractivity (Wildman–Crippen MR) is 53.7 cm³/mol. The Hall–Kier alpha value is -2.44. The molecule has 0 aliphatic rings. The van der Waals surface area contributed by atoms with Crippen LogP contribution in [0.15, 0.2) is 23.3 Å². The van der Waals surface area contributed by atoms with Crippen molar-refractivity contribution in [3.63, 3.8) is 0 Å². The summed E-state index contributed by atoms with van der Waals surface area (Å²) in [7, 11) is 0. The molecule has 2 rings (SSSR count). The van der Waals surface area contributed by atoms with Crippen molar-refractivity contribution in [2.45, 2.75) is 6.92 Å². The molecule has 0 aromatic carbocycles. The lowest BCUT2D eigenvalue weighted by Crippen LogP contribution is -2.12. The zero-order valence-corrected chi connectivity index (χ0v) is 8.34. The minimum absolute atomic E-state index is 0.0414. The summed E-state index contributed by atoms with van der Waals surface area (Å²) < 4.78 is 1.24. The summed E-state index contributed by atoms with van der Waals surface area (Å²) >= 11 is 0. The third-order valence-electron chi connectivity index (χ3n) is 1.91. The third-order valence-corrected chi connectivity index (χ3v) is 1.91. The fourth-order valence-electron chi connectivity index (χ4n) is 1.24. The lowest BCUT2D eigenvalue weighted by atomic mass is 10.4. The highest BCUT2D eigenvalue weighted by Gasteiger charge is 2.08. The van der Waals surface area contributed by atoms with Gasteiger partial charge < -0.3 is 10.1 Å². The number of hydrogen-bond acceptors (Lipinski definition) is 4. The summed E-state index contributed by atoms with van der Waals surface area (Å²) in [6.45, 7) is 1.63. The van der Waals surface area contributed by atoms with E-state index in [2.05, 4.69) is 15.1 Å². The van der Waals surface area contributed by atoms with Gasteiger partial charge in [-0.05, 0) is 6.92 Å². The average Bonchev–Trinajstić information content (AvgIpc) is 2.64. The number of hydrogen-bond donors (Lipinski definition) is 2. The molecule has 0 amide bonds. The second-order valence-electron chi connectivity index (χ2n) is 3.17. The molecule has 2 aromatic heterocycles. The zero-order valence-electron chi connectivity index (χ0n) is 8.34. The Bertz CT molecular complexity index is 599. The summed E-state index contributed by atoms with van der Waals surface area (Å²) in [4.78, 5) is 28.3. The van der Waals surface area contributed by atoms with Crippen LogP contribution < -0.4 is 5.56 Å². The average molecular weight is 220 g/mol. The normalized spacial score (nSPS) is 10.3. The molecule has 7 nitrogen and oxygen atoms in total. The summed E-state index contributed by atoms with van der Waals surface area (Å²) in [6.07, 6.45) is 2.49. The standard InChI is InChI=1S/C9H8N4O3/c1-5-11-7(2-8(14)12-5)13-4-6(3-10-13)9(15)16/h2-4H,1H3,(H,15,16)(H,11,12,14). The lowest BCUT2D eigenvalue weighted by molar-refractivity contribution is 0.0697. The van der Waals surface area contributed by atoms with Gasteiger partial charge in [0.05, 0.1) is 11.8 Å². The van der Waals surface area contributed by atoms with Gasteiger partial charge in [0.2, 0.25) is 0 Å². The third kappa shape index (κ3) is 1.83. The van der Waals surface area contributed by atoms with Crippen LogP contribution in [0.25, 0.3) is 5.82 Å². The maximum absolute atomic E-state index is 11.2. The van der Waals surface area contributed by atoms with Crippen LogP contribution in [-0.2, 0) is 0 Å². The van der Waals surface area contributed by atoms with Gasteiger partial charge in [0.1, 0.15) is 5.82 Å². The first-order valence-corrected chi connectivity index (χ1v) is 4.42. The number of aromatic amines is 1. The monoisotopic (exact) mass is 220 g/mol. The highest BCUT2D eigenvalue weighted by atomic mass is 16.4. The summed E-state index contributed by atoms with van der Waals surface area (Å²) in [5.41, 5.74) is -0.269. The van der Waals surface area contributed by atoms with E-state index in [9.17, 15) is 9.59 Å². The van der Waals surface area contributed by atoms with Gasteiger partial charge in [-0.25, -0.2) is 14.5 Å². The highest BCUT2D eigenvalue weighted by molar-refractivity contribution is 5.86. The molecule has 0 bridgehead atoms. The van der Waals surface area contributed by atoms with Crippen molar-refractivity contribution < 1.29 is 9.90 Å². The molecule has 0 radical (unpaired) electrons. The van der Waals surface area contributed by atoms with Crippen LogP contribution in [0.5, 0.6) is 0 Å². The van der Waals surface area contributed by atoms with Gasteiger partial charge in [-0.1, -0.05) is 0 Å². The predicted octanol–water partition coefficient (Wildman–Crippen LogP) is -0.0378. The van der Waals surface area contributed by atoms with Crippen molar-refractivity contribution in [1.29, 1.82) is 0 Å². The van der Waals surface area contributed by atoms with Crippen molar-refractivity contribution in [3.8, 4) is 5.82 Å². The van der Waals surface area contributed by atoms with Gasteiger partial charge >= 0.3 is 5.97 Å². The molecular formula is C9H8N4O3. The van der Waals surface area contributed by atoms with E-state index in [1.54, 1.807) is 6.92 Å². The molecule has 2 heterocycles. The molecule has 0 fully saturated rings. The summed E-state index contributed by atoms with van der Waals surface area (Å²) in [5, 5.41) is 12.5. The quantitative estimate of drug-likeness (QED) is 0.739. The van der Waals surface area contributed by atoms with Crippen LogP contribution in [0.1, 0.15) is 16.2 Å². The van der Waals surface area contributed by atoms with Crippen LogP contribution in [-0.4, -0.2) is 30.8 Å². The lowest BCUT2D eigenvalue weighted by Gasteiger charge is -1.99. The van der Waals surface area contributed by atoms with Gasteiger partial charge in [-0.2, -0.15) is 5.10 Å². The number of aromatic nitrogens is 4. The van der Waals surface area contributed by atoms with Gasteiger partial charge in [-0.3, -0.25) is 4.79 Å². The molecule has 0 saturated heterocycles. The minimum Gasteiger partial charge on any atom is -0.478 e. The van der Waals surface area contributed by atoms with Crippen LogP contribution in [0.2, 0.25) is 0 Å². The molecule has 2 N–H and O–H groups in total. The van der Waals surface area contributed by atoms with Crippen LogP contribution in [0.4, 0.5) is 0 Å². The summed E-state index contributed by atoms with van der Waals surface area (Å²) in [6, 6.07) is 1.24. The van der Waals surface area contributed by atoms with Gasteiger partial charge in [-0.15, -0.1) is 0 Å². The van der Waals surface area contributed by atoms with Gasteiger partial charge in [0.15, 0.2) is 5.82 Å². The largest absolute Gasteiger partial charge is 0.478 e. The first-order valence-electron chi connectivity index (χ1n) is 4.42. The van der Waals surface area contributed by atoms with E-state index in [1.165, 1.54) is 23.1 Å². The Morgan fingerprint density at radius 1 is 1.56 bits per heavy atom. The van der Waals surface area contributed by atoms with Crippen molar-refractivity contribution in [2.24, 2.45) is 0 Å². The summed E-state index contributed by atoms with van der Waals surface area (Å²) in [5.74, 6) is -0.351. The number of nitrogens with one attached hydrogen (secondary N) is 1. The van der Waals surface area contributed by atoms with E-state index in [1.807, 2.05) is 0 Å². The fraction of sp³-hybridized carbons (Fsp3) is 0.111. The van der Waals surface area contributed by atoms with E-state index in [-0.39, 0.29) is 16.9 Å². The maximum atomic E-state index is 11.2. The molecular weight excluding hydrogens is 212 g/mol. The van der Waals surface area contributed by atoms with Crippen molar-refractivity contribution in [2.75, 3.05) is 0 Å². The molecule has 82 valence electrons. The van der Waals surface area contributed by atoms with Crippen molar-refractivity contribution in [1.82, 2.24) is 19.7 Å². The van der Waals surface area contributed by atoms with E-state index in [0.717, 1.165) is 0 Å². The molecule has 7 heteroatoms. The number of carbonyl (C=O) groups is 1. The topological polar surface area (TPSA) is 101 Å². The Labute approximate surface area is 89.4 Å². The molecule has 16 heavy (non-hydrogen) atoms. The Morgan fingerprint density at radius 3 is 2.88 bits per heavy atom. The van der Waals surface area contributed by atoms with E-state index < -0.39 is 5.97 Å². The van der Waals surface area contributed by atoms with Crippen molar-refractivity contribution >= 4 is 5.97 Å². The number of rotatable bonds is 2. The molecule has 0 unspecified atom stereocenters. The number of nitrogens with zero attached hydrogens (tertiary/aromatic N) is 3.